The highest BCUT2D eigenvalue weighted by Crippen LogP contribution is 2.21. The highest BCUT2D eigenvalue weighted by atomic mass is 28.4. The molecule has 16 heavy (non-hydrogen) atoms. The number of rotatable bonds is 9. The molecule has 4 heteroatoms. The molecule has 0 rings (SSSR count). The van der Waals surface area contributed by atoms with E-state index in [1.165, 1.54) is 0 Å². The Morgan fingerprint density at radius 3 is 2.19 bits per heavy atom. The van der Waals surface area contributed by atoms with E-state index in [4.69, 9.17) is 10.2 Å². The van der Waals surface area contributed by atoms with E-state index in [-0.39, 0.29) is 6.04 Å². The van der Waals surface area contributed by atoms with E-state index in [1.54, 1.807) is 6.08 Å². The summed E-state index contributed by atoms with van der Waals surface area (Å²) in [6.45, 7) is 10.8. The van der Waals surface area contributed by atoms with Gasteiger partial charge < -0.3 is 15.3 Å². The molecule has 0 saturated carbocycles. The Labute approximate surface area is 101 Å². The number of hydrogen-bond donors (Lipinski definition) is 2. The van der Waals surface area contributed by atoms with Gasteiger partial charge in [-0.1, -0.05) is 26.8 Å². The average Bonchev–Trinajstić information content (AvgIpc) is 2.34. The molecular weight excluding hydrogens is 218 g/mol. The van der Waals surface area contributed by atoms with Crippen LogP contribution in [0.15, 0.2) is 12.7 Å². The molecule has 0 amide bonds. The summed E-state index contributed by atoms with van der Waals surface area (Å²) in [6, 6.07) is 3.08. The third-order valence-electron chi connectivity index (χ3n) is 3.47. The summed E-state index contributed by atoms with van der Waals surface area (Å²) in [5.74, 6) is 0. The monoisotopic (exact) mass is 245 g/mol. The van der Waals surface area contributed by atoms with Gasteiger partial charge in [-0.05, 0) is 24.6 Å². The van der Waals surface area contributed by atoms with Crippen LogP contribution >= 0.6 is 0 Å². The fourth-order valence-electron chi connectivity index (χ4n) is 1.80. The van der Waals surface area contributed by atoms with E-state index in [2.05, 4.69) is 27.4 Å². The Hall–Kier alpha value is -0.163. The SMILES string of the molecule is C=C[C@H](N)[C@@H](O)CCO[Si](CC)(CC)CC. The minimum absolute atomic E-state index is 0.343. The quantitative estimate of drug-likeness (QED) is 0.484. The van der Waals surface area contributed by atoms with Crippen molar-refractivity contribution in [1.82, 2.24) is 0 Å². The van der Waals surface area contributed by atoms with Crippen molar-refractivity contribution in [3.63, 3.8) is 0 Å². The maximum atomic E-state index is 9.67. The molecule has 0 aliphatic carbocycles. The van der Waals surface area contributed by atoms with Gasteiger partial charge in [-0.3, -0.25) is 0 Å². The standard InChI is InChI=1S/C12H27NO2Si/c1-5-11(13)12(14)9-10-15-16(6-2,7-3)8-4/h5,11-12,14H,1,6-10,13H2,2-4H3/t11-,12-/m0/s1. The van der Waals surface area contributed by atoms with Crippen molar-refractivity contribution in [1.29, 1.82) is 0 Å². The molecular formula is C12H27NO2Si. The molecule has 0 spiro atoms. The minimum atomic E-state index is -1.51. The van der Waals surface area contributed by atoms with Crippen LogP contribution in [-0.2, 0) is 4.43 Å². The van der Waals surface area contributed by atoms with Gasteiger partial charge in [0.2, 0.25) is 0 Å². The summed E-state index contributed by atoms with van der Waals surface area (Å²) in [5, 5.41) is 9.67. The molecule has 0 aromatic heterocycles. The third-order valence-corrected chi connectivity index (χ3v) is 8.15. The van der Waals surface area contributed by atoms with Crippen LogP contribution in [0.25, 0.3) is 0 Å². The molecule has 0 fully saturated rings. The molecule has 0 heterocycles. The average molecular weight is 245 g/mol. The van der Waals surface area contributed by atoms with Crippen LogP contribution in [0.2, 0.25) is 18.1 Å². The van der Waals surface area contributed by atoms with Gasteiger partial charge in [-0.2, -0.15) is 0 Å². The molecule has 0 unspecified atom stereocenters. The zero-order valence-electron chi connectivity index (χ0n) is 10.9. The van der Waals surface area contributed by atoms with Gasteiger partial charge in [0, 0.05) is 12.6 Å². The van der Waals surface area contributed by atoms with Gasteiger partial charge in [-0.25, -0.2) is 0 Å². The lowest BCUT2D eigenvalue weighted by Crippen LogP contribution is -2.38. The zero-order valence-corrected chi connectivity index (χ0v) is 11.9. The van der Waals surface area contributed by atoms with Crippen molar-refractivity contribution in [2.45, 2.75) is 57.5 Å². The molecule has 0 saturated heterocycles. The van der Waals surface area contributed by atoms with Gasteiger partial charge in [0.05, 0.1) is 6.10 Å². The topological polar surface area (TPSA) is 55.5 Å². The first-order valence-electron chi connectivity index (χ1n) is 6.25. The Balaban J connectivity index is 3.99. The molecule has 0 aromatic rings. The molecule has 3 nitrogen and oxygen atoms in total. The van der Waals surface area contributed by atoms with E-state index in [0.29, 0.717) is 13.0 Å². The zero-order chi connectivity index (χ0) is 12.6. The van der Waals surface area contributed by atoms with Gasteiger partial charge in [-0.15, -0.1) is 6.58 Å². The first kappa shape index (κ1) is 15.8. The van der Waals surface area contributed by atoms with Crippen molar-refractivity contribution >= 4 is 8.32 Å². The molecule has 0 aliphatic rings. The Morgan fingerprint density at radius 1 is 1.31 bits per heavy atom. The maximum absolute atomic E-state index is 9.67. The summed E-state index contributed by atoms with van der Waals surface area (Å²) >= 11 is 0. The summed E-state index contributed by atoms with van der Waals surface area (Å²) in [5.41, 5.74) is 5.65. The van der Waals surface area contributed by atoms with Crippen LogP contribution in [0, 0.1) is 0 Å². The number of hydrogen-bond acceptors (Lipinski definition) is 3. The third kappa shape index (κ3) is 4.78. The number of aliphatic hydroxyl groups excluding tert-OH is 1. The predicted molar refractivity (Wildman–Crippen MR) is 71.9 cm³/mol. The van der Waals surface area contributed by atoms with E-state index in [9.17, 15) is 5.11 Å². The normalized spacial score (nSPS) is 15.8. The Bertz CT molecular complexity index is 187. The van der Waals surface area contributed by atoms with E-state index in [1.807, 2.05) is 0 Å². The van der Waals surface area contributed by atoms with Crippen molar-refractivity contribution in [3.05, 3.63) is 12.7 Å². The maximum Gasteiger partial charge on any atom is 0.191 e. The second kappa shape index (κ2) is 8.01. The van der Waals surface area contributed by atoms with Crippen LogP contribution in [0.3, 0.4) is 0 Å². The molecule has 0 aromatic carbocycles. The molecule has 96 valence electrons. The van der Waals surface area contributed by atoms with Gasteiger partial charge >= 0.3 is 0 Å². The second-order valence-corrected chi connectivity index (χ2v) is 9.04. The van der Waals surface area contributed by atoms with Crippen LogP contribution in [0.4, 0.5) is 0 Å². The van der Waals surface area contributed by atoms with Crippen molar-refractivity contribution < 1.29 is 9.53 Å². The molecule has 3 N–H and O–H groups in total. The van der Waals surface area contributed by atoms with Crippen molar-refractivity contribution in [2.24, 2.45) is 5.73 Å². The number of aliphatic hydroxyl groups is 1. The highest BCUT2D eigenvalue weighted by molar-refractivity contribution is 6.73. The van der Waals surface area contributed by atoms with Crippen LogP contribution < -0.4 is 5.73 Å². The summed E-state index contributed by atoms with van der Waals surface area (Å²) in [7, 11) is -1.51. The summed E-state index contributed by atoms with van der Waals surface area (Å²) in [4.78, 5) is 0. The lowest BCUT2D eigenvalue weighted by molar-refractivity contribution is 0.125. The fourth-order valence-corrected chi connectivity index (χ4v) is 4.47. The molecule has 0 aliphatic heterocycles. The highest BCUT2D eigenvalue weighted by Gasteiger charge is 2.28. The Kier molecular flexibility index (Phi) is 7.92. The largest absolute Gasteiger partial charge is 0.417 e. The van der Waals surface area contributed by atoms with Crippen LogP contribution in [0.1, 0.15) is 27.2 Å². The van der Waals surface area contributed by atoms with Crippen molar-refractivity contribution in [2.75, 3.05) is 6.61 Å². The second-order valence-electron chi connectivity index (χ2n) is 4.26. The minimum Gasteiger partial charge on any atom is -0.417 e. The van der Waals surface area contributed by atoms with E-state index >= 15 is 0 Å². The van der Waals surface area contributed by atoms with E-state index in [0.717, 1.165) is 18.1 Å². The first-order chi connectivity index (χ1) is 7.55. The van der Waals surface area contributed by atoms with Crippen LogP contribution in [0.5, 0.6) is 0 Å². The molecule has 2 atom stereocenters. The molecule has 0 bridgehead atoms. The van der Waals surface area contributed by atoms with Crippen LogP contribution in [-0.4, -0.2) is 32.2 Å². The lowest BCUT2D eigenvalue weighted by Gasteiger charge is -2.28. The van der Waals surface area contributed by atoms with Crippen molar-refractivity contribution in [3.8, 4) is 0 Å². The predicted octanol–water partition coefficient (Wildman–Crippen LogP) is 2.27. The summed E-state index contributed by atoms with van der Waals surface area (Å²) in [6.07, 6.45) is 1.64. The smallest absolute Gasteiger partial charge is 0.191 e. The first-order valence-corrected chi connectivity index (χ1v) is 8.78. The van der Waals surface area contributed by atoms with Gasteiger partial charge in [0.1, 0.15) is 0 Å². The lowest BCUT2D eigenvalue weighted by atomic mass is 10.1. The van der Waals surface area contributed by atoms with E-state index < -0.39 is 14.4 Å². The summed E-state index contributed by atoms with van der Waals surface area (Å²) < 4.78 is 6.03. The molecule has 0 radical (unpaired) electrons. The van der Waals surface area contributed by atoms with Gasteiger partial charge in [0.15, 0.2) is 8.32 Å². The Morgan fingerprint density at radius 2 is 1.81 bits per heavy atom. The number of nitrogens with two attached hydrogens (primary N) is 1. The fraction of sp³-hybridized carbons (Fsp3) is 0.833. The van der Waals surface area contributed by atoms with Gasteiger partial charge in [0.25, 0.3) is 0 Å².